The van der Waals surface area contributed by atoms with Gasteiger partial charge in [-0.2, -0.15) is 4.98 Å². The fraction of sp³-hybridized carbons (Fsp3) is 0.500. The molecule has 16 heavy (non-hydrogen) atoms. The maximum atomic E-state index is 11.3. The minimum Gasteiger partial charge on any atom is -0.265 e. The van der Waals surface area contributed by atoms with E-state index in [9.17, 15) is 4.79 Å². The van der Waals surface area contributed by atoms with Crippen molar-refractivity contribution in [2.45, 2.75) is 33.7 Å². The maximum Gasteiger partial charge on any atom is 0.293 e. The Hall–Kier alpha value is -1.85. The second-order valence-corrected chi connectivity index (χ2v) is 3.96. The molecule has 6 heteroatoms. The number of hydrogen-bond acceptors (Lipinski definition) is 5. The van der Waals surface area contributed by atoms with Crippen LogP contribution in [0.4, 0.5) is 0 Å². The van der Waals surface area contributed by atoms with Crippen molar-refractivity contribution in [3.63, 3.8) is 0 Å². The quantitative estimate of drug-likeness (QED) is 0.707. The predicted molar refractivity (Wildman–Crippen MR) is 58.4 cm³/mol. The highest BCUT2D eigenvalue weighted by Gasteiger charge is 2.15. The summed E-state index contributed by atoms with van der Waals surface area (Å²) in [5.74, 6) is 1.45. The molecule has 0 spiro atoms. The maximum absolute atomic E-state index is 11.3. The van der Waals surface area contributed by atoms with Gasteiger partial charge in [0.2, 0.25) is 11.6 Å². The molecule has 0 N–H and O–H groups in total. The number of nitrogens with zero attached hydrogens (tertiary/aromatic N) is 5. The van der Waals surface area contributed by atoms with E-state index < -0.39 is 0 Å². The lowest BCUT2D eigenvalue weighted by Gasteiger charge is -2.14. The van der Waals surface area contributed by atoms with E-state index in [-0.39, 0.29) is 11.6 Å². The molecule has 2 aliphatic heterocycles. The highest BCUT2D eigenvalue weighted by Crippen LogP contribution is 2.12. The molecule has 0 aromatic heterocycles. The molecule has 0 unspecified atom stereocenters. The van der Waals surface area contributed by atoms with Gasteiger partial charge in [0.05, 0.1) is 0 Å². The van der Waals surface area contributed by atoms with E-state index in [2.05, 4.69) is 20.1 Å². The Kier molecular flexibility index (Phi) is 2.41. The van der Waals surface area contributed by atoms with E-state index in [1.54, 1.807) is 11.6 Å². The normalized spacial score (nSPS) is 11.3. The van der Waals surface area contributed by atoms with Crippen molar-refractivity contribution in [1.82, 2.24) is 24.7 Å². The minimum absolute atomic E-state index is 0.200. The van der Waals surface area contributed by atoms with Crippen LogP contribution in [-0.2, 0) is 0 Å². The number of rotatable bonds is 1. The van der Waals surface area contributed by atoms with Gasteiger partial charge in [-0.3, -0.25) is 4.79 Å². The van der Waals surface area contributed by atoms with Crippen LogP contribution in [0.15, 0.2) is 4.79 Å². The Morgan fingerprint density at radius 2 is 1.75 bits per heavy atom. The second-order valence-electron chi connectivity index (χ2n) is 3.96. The Balaban J connectivity index is 2.76. The van der Waals surface area contributed by atoms with Gasteiger partial charge in [-0.15, -0.1) is 5.10 Å². The molecule has 0 aromatic rings. The minimum atomic E-state index is -0.344. The molecule has 0 amide bonds. The van der Waals surface area contributed by atoms with Gasteiger partial charge >= 0.3 is 0 Å². The molecule has 0 radical (unpaired) electrons. The van der Waals surface area contributed by atoms with E-state index in [0.29, 0.717) is 17.3 Å². The van der Waals surface area contributed by atoms with E-state index in [4.69, 9.17) is 0 Å². The van der Waals surface area contributed by atoms with Crippen LogP contribution in [0.3, 0.4) is 0 Å². The van der Waals surface area contributed by atoms with Crippen LogP contribution < -0.4 is 5.56 Å². The lowest BCUT2D eigenvalue weighted by Crippen LogP contribution is -2.21. The summed E-state index contributed by atoms with van der Waals surface area (Å²) in [6.07, 6.45) is 0. The molecule has 2 rings (SSSR count). The van der Waals surface area contributed by atoms with Crippen LogP contribution in [0.5, 0.6) is 0 Å². The second kappa shape index (κ2) is 3.62. The van der Waals surface area contributed by atoms with E-state index in [1.165, 1.54) is 0 Å². The number of fused-ring (bicyclic) bond motifs is 1. The summed E-state index contributed by atoms with van der Waals surface area (Å²) >= 11 is 0. The zero-order chi connectivity index (χ0) is 11.9. The summed E-state index contributed by atoms with van der Waals surface area (Å²) < 4.78 is 1.76. The van der Waals surface area contributed by atoms with Gasteiger partial charge in [-0.05, 0) is 27.7 Å². The van der Waals surface area contributed by atoms with E-state index >= 15 is 0 Å². The van der Waals surface area contributed by atoms with Crippen molar-refractivity contribution in [3.05, 3.63) is 21.9 Å². The van der Waals surface area contributed by atoms with Crippen LogP contribution in [0.25, 0.3) is 11.6 Å². The van der Waals surface area contributed by atoms with Crippen molar-refractivity contribution >= 4 is 0 Å². The van der Waals surface area contributed by atoms with Crippen LogP contribution in [-0.4, -0.2) is 24.7 Å². The first-order chi connectivity index (χ1) is 7.49. The monoisotopic (exact) mass is 219 g/mol. The fourth-order valence-electron chi connectivity index (χ4n) is 1.49. The fourth-order valence-corrected chi connectivity index (χ4v) is 1.49. The van der Waals surface area contributed by atoms with Crippen molar-refractivity contribution in [3.8, 4) is 11.6 Å². The third kappa shape index (κ3) is 1.66. The van der Waals surface area contributed by atoms with Crippen molar-refractivity contribution in [1.29, 1.82) is 0 Å². The van der Waals surface area contributed by atoms with Gasteiger partial charge in [0.1, 0.15) is 11.5 Å². The van der Waals surface area contributed by atoms with Gasteiger partial charge < -0.3 is 0 Å². The largest absolute Gasteiger partial charge is 0.293 e. The highest BCUT2D eigenvalue weighted by atomic mass is 16.1. The molecule has 0 atom stereocenters. The Morgan fingerprint density at radius 1 is 1.06 bits per heavy atom. The molecule has 0 saturated carbocycles. The molecule has 84 valence electrons. The molecule has 2 heterocycles. The number of hydrogen-bond donors (Lipinski definition) is 0. The summed E-state index contributed by atoms with van der Waals surface area (Å²) in [4.78, 5) is 23.5. The van der Waals surface area contributed by atoms with Crippen LogP contribution in [0, 0.1) is 13.8 Å². The molecule has 0 saturated heterocycles. The van der Waals surface area contributed by atoms with Gasteiger partial charge in [-0.25, -0.2) is 14.6 Å². The van der Waals surface area contributed by atoms with Gasteiger partial charge in [0.25, 0.3) is 5.56 Å². The smallest absolute Gasteiger partial charge is 0.265 e. The molecule has 0 bridgehead atoms. The first kappa shape index (κ1) is 10.7. The third-order valence-electron chi connectivity index (χ3n) is 2.28. The summed E-state index contributed by atoms with van der Waals surface area (Å²) in [6, 6.07) is 0.200. The molecule has 6 nitrogen and oxygen atoms in total. The summed E-state index contributed by atoms with van der Waals surface area (Å²) in [5.41, 5.74) is 0.00413. The first-order valence-corrected chi connectivity index (χ1v) is 5.11. The van der Waals surface area contributed by atoms with E-state index in [0.717, 1.165) is 5.82 Å². The number of aromatic nitrogens is 5. The number of aryl methyl sites for hydroxylation is 2. The standard InChI is InChI=1S/C10H13N5O/c1-5(2)15-7(4)12-8-9(14-15)11-6(3)10(16)13-8/h5H,1-4H3. The van der Waals surface area contributed by atoms with Gasteiger partial charge in [0, 0.05) is 6.04 Å². The molecular formula is C10H13N5O. The van der Waals surface area contributed by atoms with Crippen molar-refractivity contribution < 1.29 is 0 Å². The Morgan fingerprint density at radius 3 is 2.38 bits per heavy atom. The molecule has 0 aliphatic carbocycles. The lowest BCUT2D eigenvalue weighted by molar-refractivity contribution is 0.489. The van der Waals surface area contributed by atoms with Crippen molar-refractivity contribution in [2.75, 3.05) is 0 Å². The Labute approximate surface area is 92.7 Å². The van der Waals surface area contributed by atoms with Gasteiger partial charge in [-0.1, -0.05) is 0 Å². The zero-order valence-corrected chi connectivity index (χ0v) is 9.72. The summed E-state index contributed by atoms with van der Waals surface area (Å²) in [6.45, 7) is 7.47. The zero-order valence-electron chi connectivity index (χ0n) is 9.72. The summed E-state index contributed by atoms with van der Waals surface area (Å²) in [7, 11) is 0. The van der Waals surface area contributed by atoms with Crippen LogP contribution >= 0.6 is 0 Å². The van der Waals surface area contributed by atoms with Crippen molar-refractivity contribution in [2.24, 2.45) is 0 Å². The SMILES string of the molecule is Cc1nc2nn(C(C)C)c(C)nc-2nc1=O. The van der Waals surface area contributed by atoms with Crippen LogP contribution in [0.2, 0.25) is 0 Å². The van der Waals surface area contributed by atoms with E-state index in [1.807, 2.05) is 20.8 Å². The molecular weight excluding hydrogens is 206 g/mol. The molecule has 0 aromatic carbocycles. The molecule has 2 aliphatic rings. The Bertz CT molecular complexity index is 560. The van der Waals surface area contributed by atoms with Gasteiger partial charge in [0.15, 0.2) is 0 Å². The summed E-state index contributed by atoms with van der Waals surface area (Å²) in [5, 5.41) is 4.32. The topological polar surface area (TPSA) is 73.6 Å². The molecule has 0 fully saturated rings. The average Bonchev–Trinajstić information content (AvgIpc) is 2.19. The first-order valence-electron chi connectivity index (χ1n) is 5.11. The average molecular weight is 219 g/mol. The third-order valence-corrected chi connectivity index (χ3v) is 2.28. The predicted octanol–water partition coefficient (Wildman–Crippen LogP) is 0.731. The lowest BCUT2D eigenvalue weighted by atomic mass is 10.4. The highest BCUT2D eigenvalue weighted by molar-refractivity contribution is 5.42. The van der Waals surface area contributed by atoms with Crippen LogP contribution in [0.1, 0.15) is 31.4 Å².